The topological polar surface area (TPSA) is 9.23 Å². The molecule has 0 unspecified atom stereocenters. The summed E-state index contributed by atoms with van der Waals surface area (Å²) < 4.78 is 6.72. The van der Waals surface area contributed by atoms with Gasteiger partial charge in [-0.1, -0.05) is 74.0 Å². The minimum absolute atomic E-state index is 1.08. The highest BCUT2D eigenvalue weighted by molar-refractivity contribution is 7.03. The number of rotatable bonds is 6. The standard InChI is InChI=1S/C24H34OSi2/c1-8-27(9-2,22-15-11-13-20-12-10-14-21(20)22)23-17-18(3)16-19(4)24(23)25-26(5,6)7/h10-11,13-17H,8-9,12H2,1-7H3. The largest absolute Gasteiger partial charge is 0.544 e. The molecule has 0 radical (unpaired) electrons. The molecule has 1 nitrogen and oxygen atoms in total. The van der Waals surface area contributed by atoms with Crippen LogP contribution in [0.1, 0.15) is 36.1 Å². The fraction of sp³-hybridized carbons (Fsp3) is 0.417. The average Bonchev–Trinajstić information content (AvgIpc) is 3.07. The molecule has 0 bridgehead atoms. The van der Waals surface area contributed by atoms with E-state index in [9.17, 15) is 0 Å². The molecule has 0 amide bonds. The van der Waals surface area contributed by atoms with E-state index in [0.29, 0.717) is 0 Å². The highest BCUT2D eigenvalue weighted by atomic mass is 28.4. The summed E-state index contributed by atoms with van der Waals surface area (Å²) in [5, 5.41) is 3.12. The van der Waals surface area contributed by atoms with Gasteiger partial charge in [0.25, 0.3) is 0 Å². The summed E-state index contributed by atoms with van der Waals surface area (Å²) in [6, 6.07) is 14.1. The van der Waals surface area contributed by atoms with Gasteiger partial charge < -0.3 is 4.43 Å². The highest BCUT2D eigenvalue weighted by Crippen LogP contribution is 2.30. The van der Waals surface area contributed by atoms with E-state index in [1.807, 2.05) is 0 Å². The molecule has 2 aromatic carbocycles. The number of hydrogen-bond donors (Lipinski definition) is 0. The summed E-state index contributed by atoms with van der Waals surface area (Å²) >= 11 is 0. The summed E-state index contributed by atoms with van der Waals surface area (Å²) in [4.78, 5) is 0. The monoisotopic (exact) mass is 394 g/mol. The molecule has 0 saturated heterocycles. The molecule has 0 heterocycles. The van der Waals surface area contributed by atoms with Gasteiger partial charge >= 0.3 is 0 Å². The predicted octanol–water partition coefficient (Wildman–Crippen LogP) is 5.69. The Morgan fingerprint density at radius 3 is 2.30 bits per heavy atom. The van der Waals surface area contributed by atoms with Gasteiger partial charge in [0, 0.05) is 0 Å². The first-order valence-corrected chi connectivity index (χ1v) is 16.1. The smallest absolute Gasteiger partial charge is 0.242 e. The fourth-order valence-corrected chi connectivity index (χ4v) is 10.3. The van der Waals surface area contributed by atoms with Crippen molar-refractivity contribution in [1.29, 1.82) is 0 Å². The van der Waals surface area contributed by atoms with Crippen molar-refractivity contribution < 1.29 is 4.43 Å². The molecule has 27 heavy (non-hydrogen) atoms. The zero-order valence-corrected chi connectivity index (χ0v) is 20.1. The highest BCUT2D eigenvalue weighted by Gasteiger charge is 2.39. The van der Waals surface area contributed by atoms with Gasteiger partial charge in [0.2, 0.25) is 8.32 Å². The van der Waals surface area contributed by atoms with Crippen LogP contribution in [0.15, 0.2) is 36.4 Å². The van der Waals surface area contributed by atoms with Crippen LogP contribution in [0.25, 0.3) is 6.08 Å². The minimum Gasteiger partial charge on any atom is -0.544 e. The van der Waals surface area contributed by atoms with Crippen molar-refractivity contribution in [2.24, 2.45) is 0 Å². The van der Waals surface area contributed by atoms with Gasteiger partial charge in [-0.3, -0.25) is 0 Å². The molecule has 0 atom stereocenters. The Hall–Kier alpha value is -1.59. The summed E-state index contributed by atoms with van der Waals surface area (Å²) in [7, 11) is -3.61. The Morgan fingerprint density at radius 1 is 0.963 bits per heavy atom. The van der Waals surface area contributed by atoms with Crippen LogP contribution in [0.5, 0.6) is 5.75 Å². The number of fused-ring (bicyclic) bond motifs is 1. The van der Waals surface area contributed by atoms with E-state index >= 15 is 0 Å². The van der Waals surface area contributed by atoms with Crippen LogP contribution >= 0.6 is 0 Å². The lowest BCUT2D eigenvalue weighted by atomic mass is 10.1. The molecule has 3 heteroatoms. The lowest BCUT2D eigenvalue weighted by Crippen LogP contribution is -2.59. The normalized spacial score (nSPS) is 13.7. The van der Waals surface area contributed by atoms with Gasteiger partial charge in [-0.25, -0.2) is 0 Å². The molecule has 1 aliphatic carbocycles. The van der Waals surface area contributed by atoms with E-state index in [-0.39, 0.29) is 0 Å². The maximum Gasteiger partial charge on any atom is 0.242 e. The molecule has 2 aromatic rings. The SMILES string of the molecule is CC[Si](CC)(c1cccc2c1C=CC2)c1cc(C)cc(C)c1O[Si](C)(C)C. The lowest BCUT2D eigenvalue weighted by Gasteiger charge is -2.36. The number of allylic oxidation sites excluding steroid dienone is 1. The zero-order chi connectivity index (χ0) is 19.8. The van der Waals surface area contributed by atoms with Crippen LogP contribution in [0.2, 0.25) is 31.7 Å². The second kappa shape index (κ2) is 7.44. The van der Waals surface area contributed by atoms with Gasteiger partial charge in [0.15, 0.2) is 0 Å². The first-order chi connectivity index (χ1) is 12.7. The Balaban J connectivity index is 2.31. The summed E-state index contributed by atoms with van der Waals surface area (Å²) in [6.45, 7) is 16.1. The van der Waals surface area contributed by atoms with Crippen LogP contribution in [0.3, 0.4) is 0 Å². The summed E-state index contributed by atoms with van der Waals surface area (Å²) in [5.41, 5.74) is 5.64. The Kier molecular flexibility index (Phi) is 5.55. The minimum atomic E-state index is -1.91. The van der Waals surface area contributed by atoms with E-state index in [2.05, 4.69) is 89.8 Å². The Labute approximate surface area is 167 Å². The van der Waals surface area contributed by atoms with E-state index in [0.717, 1.165) is 6.42 Å². The first-order valence-electron chi connectivity index (χ1n) is 10.3. The van der Waals surface area contributed by atoms with Crippen molar-refractivity contribution >= 4 is 32.8 Å². The van der Waals surface area contributed by atoms with Crippen LogP contribution in [0.4, 0.5) is 0 Å². The van der Waals surface area contributed by atoms with E-state index in [1.54, 1.807) is 5.19 Å². The van der Waals surface area contributed by atoms with E-state index in [4.69, 9.17) is 4.43 Å². The van der Waals surface area contributed by atoms with Gasteiger partial charge in [-0.15, -0.1) is 0 Å². The third-order valence-corrected chi connectivity index (χ3v) is 12.0. The van der Waals surface area contributed by atoms with Crippen molar-refractivity contribution in [2.75, 3.05) is 0 Å². The molecular weight excluding hydrogens is 360 g/mol. The second-order valence-electron chi connectivity index (χ2n) is 8.95. The van der Waals surface area contributed by atoms with Crippen LogP contribution in [-0.4, -0.2) is 16.4 Å². The molecule has 3 rings (SSSR count). The molecule has 0 spiro atoms. The quantitative estimate of drug-likeness (QED) is 0.572. The molecule has 0 N–H and O–H groups in total. The van der Waals surface area contributed by atoms with Gasteiger partial charge in [0.05, 0.1) is 0 Å². The van der Waals surface area contributed by atoms with Crippen molar-refractivity contribution in [3.05, 3.63) is 58.7 Å². The Bertz CT molecular complexity index is 871. The van der Waals surface area contributed by atoms with Crippen LogP contribution in [-0.2, 0) is 6.42 Å². The lowest BCUT2D eigenvalue weighted by molar-refractivity contribution is 0.556. The van der Waals surface area contributed by atoms with Crippen LogP contribution in [0, 0.1) is 13.8 Å². The number of aryl methyl sites for hydroxylation is 2. The maximum atomic E-state index is 6.72. The van der Waals surface area contributed by atoms with Crippen molar-refractivity contribution in [1.82, 2.24) is 0 Å². The third kappa shape index (κ3) is 3.72. The number of hydrogen-bond acceptors (Lipinski definition) is 1. The van der Waals surface area contributed by atoms with Gasteiger partial charge in [-0.05, 0) is 67.0 Å². The van der Waals surface area contributed by atoms with Crippen molar-refractivity contribution in [3.8, 4) is 5.75 Å². The van der Waals surface area contributed by atoms with Crippen molar-refractivity contribution in [3.63, 3.8) is 0 Å². The van der Waals surface area contributed by atoms with Gasteiger partial charge in [0.1, 0.15) is 13.8 Å². The van der Waals surface area contributed by atoms with E-state index in [1.165, 1.54) is 45.3 Å². The average molecular weight is 395 g/mol. The first kappa shape index (κ1) is 20.2. The maximum absolute atomic E-state index is 6.72. The molecule has 0 aromatic heterocycles. The molecule has 0 saturated carbocycles. The van der Waals surface area contributed by atoms with E-state index < -0.39 is 16.4 Å². The number of benzene rings is 2. The fourth-order valence-electron chi connectivity index (χ4n) is 4.62. The second-order valence-corrected chi connectivity index (χ2v) is 18.0. The molecule has 0 aliphatic heterocycles. The predicted molar refractivity (Wildman–Crippen MR) is 125 cm³/mol. The molecule has 144 valence electrons. The third-order valence-electron chi connectivity index (χ3n) is 5.88. The zero-order valence-electron chi connectivity index (χ0n) is 18.1. The van der Waals surface area contributed by atoms with Crippen LogP contribution < -0.4 is 14.8 Å². The summed E-state index contributed by atoms with van der Waals surface area (Å²) in [6.07, 6.45) is 5.76. The Morgan fingerprint density at radius 2 is 1.67 bits per heavy atom. The summed E-state index contributed by atoms with van der Waals surface area (Å²) in [5.74, 6) is 1.19. The molecule has 1 aliphatic rings. The molecular formula is C24H34OSi2. The van der Waals surface area contributed by atoms with Crippen molar-refractivity contribution in [2.45, 2.75) is 65.8 Å². The molecule has 0 fully saturated rings. The van der Waals surface area contributed by atoms with Gasteiger partial charge in [-0.2, -0.15) is 0 Å².